The number of hydrogen-bond donors (Lipinski definition) is 1. The smallest absolute Gasteiger partial charge is 0.307 e. The van der Waals surface area contributed by atoms with Gasteiger partial charge in [0.1, 0.15) is 0 Å². The Morgan fingerprint density at radius 1 is 0.962 bits per heavy atom. The quantitative estimate of drug-likeness (QED) is 0.702. The van der Waals surface area contributed by atoms with E-state index in [9.17, 15) is 14.7 Å². The Hall–Kier alpha value is -2.66. The van der Waals surface area contributed by atoms with Gasteiger partial charge in [0.15, 0.2) is 0 Å². The van der Waals surface area contributed by atoms with Crippen molar-refractivity contribution < 1.29 is 19.4 Å². The van der Waals surface area contributed by atoms with Gasteiger partial charge < -0.3 is 14.7 Å². The van der Waals surface area contributed by atoms with E-state index in [4.69, 9.17) is 4.74 Å². The fraction of sp³-hybridized carbons (Fsp3) is 0.333. The van der Waals surface area contributed by atoms with Crippen LogP contribution < -0.4 is 0 Å². The first-order chi connectivity index (χ1) is 12.7. The van der Waals surface area contributed by atoms with E-state index in [2.05, 4.69) is 0 Å². The van der Waals surface area contributed by atoms with Gasteiger partial charge >= 0.3 is 5.97 Å². The molecule has 0 saturated carbocycles. The third kappa shape index (κ3) is 5.43. The predicted molar refractivity (Wildman–Crippen MR) is 99.6 cm³/mol. The molecular formula is C21H25NO4. The number of nitrogens with zero attached hydrogens (tertiary/aromatic N) is 1. The molecule has 138 valence electrons. The van der Waals surface area contributed by atoms with Crippen molar-refractivity contribution in [2.45, 2.75) is 19.3 Å². The molecule has 5 nitrogen and oxygen atoms in total. The topological polar surface area (TPSA) is 66.8 Å². The van der Waals surface area contributed by atoms with Gasteiger partial charge in [0.2, 0.25) is 5.91 Å². The van der Waals surface area contributed by atoms with Crippen molar-refractivity contribution in [3.63, 3.8) is 0 Å². The molecule has 0 aliphatic carbocycles. The highest BCUT2D eigenvalue weighted by molar-refractivity contribution is 5.87. The Labute approximate surface area is 154 Å². The molecule has 26 heavy (non-hydrogen) atoms. The molecular weight excluding hydrogens is 330 g/mol. The summed E-state index contributed by atoms with van der Waals surface area (Å²) in [7, 11) is 0. The van der Waals surface area contributed by atoms with Gasteiger partial charge in [-0.25, -0.2) is 0 Å². The van der Waals surface area contributed by atoms with E-state index in [0.29, 0.717) is 6.61 Å². The lowest BCUT2D eigenvalue weighted by Crippen LogP contribution is -2.39. The highest BCUT2D eigenvalue weighted by Gasteiger charge is 2.27. The van der Waals surface area contributed by atoms with E-state index >= 15 is 0 Å². The molecule has 2 aromatic carbocycles. The first-order valence-electron chi connectivity index (χ1n) is 8.82. The largest absolute Gasteiger partial charge is 0.466 e. The van der Waals surface area contributed by atoms with Gasteiger partial charge in [-0.15, -0.1) is 0 Å². The fourth-order valence-corrected chi connectivity index (χ4v) is 2.86. The number of carbonyl (C=O) groups excluding carboxylic acids is 2. The zero-order valence-corrected chi connectivity index (χ0v) is 15.0. The lowest BCUT2D eigenvalue weighted by molar-refractivity contribution is -0.144. The van der Waals surface area contributed by atoms with Crippen molar-refractivity contribution in [2.24, 2.45) is 0 Å². The maximum Gasteiger partial charge on any atom is 0.307 e. The molecule has 0 aromatic heterocycles. The molecule has 0 aliphatic rings. The number of ether oxygens (including phenoxy) is 1. The molecule has 0 fully saturated rings. The zero-order valence-electron chi connectivity index (χ0n) is 15.0. The van der Waals surface area contributed by atoms with Crippen molar-refractivity contribution in [3.8, 4) is 0 Å². The minimum absolute atomic E-state index is 0.107. The second-order valence-electron chi connectivity index (χ2n) is 5.86. The molecule has 0 aliphatic heterocycles. The van der Waals surface area contributed by atoms with E-state index in [1.165, 1.54) is 4.90 Å². The van der Waals surface area contributed by atoms with Gasteiger partial charge in [-0.3, -0.25) is 9.59 Å². The fourth-order valence-electron chi connectivity index (χ4n) is 2.86. The van der Waals surface area contributed by atoms with Gasteiger partial charge in [0, 0.05) is 13.1 Å². The van der Waals surface area contributed by atoms with Crippen LogP contribution in [-0.4, -0.2) is 48.2 Å². The average molecular weight is 355 g/mol. The third-order valence-electron chi connectivity index (χ3n) is 4.09. The summed E-state index contributed by atoms with van der Waals surface area (Å²) < 4.78 is 4.94. The number of carbonyl (C=O) groups is 2. The average Bonchev–Trinajstić information content (AvgIpc) is 2.67. The molecule has 0 saturated heterocycles. The number of rotatable bonds is 9. The third-order valence-corrected chi connectivity index (χ3v) is 4.09. The summed E-state index contributed by atoms with van der Waals surface area (Å²) in [6.07, 6.45) is 0.107. The van der Waals surface area contributed by atoms with Crippen molar-refractivity contribution >= 4 is 11.9 Å². The summed E-state index contributed by atoms with van der Waals surface area (Å²) in [6.45, 7) is 2.28. The molecule has 0 atom stereocenters. The van der Waals surface area contributed by atoms with Gasteiger partial charge in [-0.1, -0.05) is 60.7 Å². The van der Waals surface area contributed by atoms with Crippen LogP contribution in [0.5, 0.6) is 0 Å². The lowest BCUT2D eigenvalue weighted by atomic mass is 9.90. The standard InChI is InChI=1S/C21H25NO4/c1-2-26-19(24)13-14-22(15-16-23)21(25)20(17-9-5-3-6-10-17)18-11-7-4-8-12-18/h3-12,20,23H,2,13-16H2,1H3. The lowest BCUT2D eigenvalue weighted by Gasteiger charge is -2.27. The van der Waals surface area contributed by atoms with Crippen molar-refractivity contribution in [2.75, 3.05) is 26.3 Å². The van der Waals surface area contributed by atoms with Gasteiger partial charge in [-0.05, 0) is 18.1 Å². The van der Waals surface area contributed by atoms with Crippen LogP contribution >= 0.6 is 0 Å². The van der Waals surface area contributed by atoms with Crippen LogP contribution in [0.1, 0.15) is 30.4 Å². The van der Waals surface area contributed by atoms with Crippen molar-refractivity contribution in [3.05, 3.63) is 71.8 Å². The Kier molecular flexibility index (Phi) is 7.83. The van der Waals surface area contributed by atoms with E-state index in [0.717, 1.165) is 11.1 Å². The summed E-state index contributed by atoms with van der Waals surface area (Å²) in [4.78, 5) is 26.5. The maximum atomic E-state index is 13.3. The van der Waals surface area contributed by atoms with Crippen LogP contribution in [0.15, 0.2) is 60.7 Å². The Bertz CT molecular complexity index is 648. The summed E-state index contributed by atoms with van der Waals surface area (Å²) in [5, 5.41) is 9.37. The summed E-state index contributed by atoms with van der Waals surface area (Å²) in [6, 6.07) is 19.1. The summed E-state index contributed by atoms with van der Waals surface area (Å²) in [5.41, 5.74) is 1.76. The van der Waals surface area contributed by atoms with E-state index in [-0.39, 0.29) is 38.0 Å². The molecule has 0 bridgehead atoms. The number of hydrogen-bond acceptors (Lipinski definition) is 4. The van der Waals surface area contributed by atoms with E-state index in [1.54, 1.807) is 6.92 Å². The second kappa shape index (κ2) is 10.4. The normalized spacial score (nSPS) is 10.6. The van der Waals surface area contributed by atoms with Crippen LogP contribution in [0, 0.1) is 0 Å². The monoisotopic (exact) mass is 355 g/mol. The molecule has 0 unspecified atom stereocenters. The van der Waals surface area contributed by atoms with Gasteiger partial charge in [0.25, 0.3) is 0 Å². The number of benzene rings is 2. The second-order valence-corrected chi connectivity index (χ2v) is 5.86. The minimum Gasteiger partial charge on any atom is -0.466 e. The Morgan fingerprint density at radius 2 is 1.50 bits per heavy atom. The zero-order chi connectivity index (χ0) is 18.8. The van der Waals surface area contributed by atoms with E-state index in [1.807, 2.05) is 60.7 Å². The first kappa shape index (κ1) is 19.7. The number of aliphatic hydroxyl groups is 1. The summed E-state index contributed by atoms with van der Waals surface area (Å²) >= 11 is 0. The van der Waals surface area contributed by atoms with Crippen molar-refractivity contribution in [1.82, 2.24) is 4.90 Å². The molecule has 1 N–H and O–H groups in total. The number of aliphatic hydroxyl groups excluding tert-OH is 1. The predicted octanol–water partition coefficient (Wildman–Crippen LogP) is 2.59. The maximum absolute atomic E-state index is 13.3. The van der Waals surface area contributed by atoms with Crippen molar-refractivity contribution in [1.29, 1.82) is 0 Å². The van der Waals surface area contributed by atoms with Gasteiger partial charge in [0.05, 0.1) is 25.6 Å². The van der Waals surface area contributed by atoms with Crippen LogP contribution in [0.2, 0.25) is 0 Å². The molecule has 0 spiro atoms. The molecule has 1 amide bonds. The Balaban J connectivity index is 2.26. The first-order valence-corrected chi connectivity index (χ1v) is 8.82. The van der Waals surface area contributed by atoms with Gasteiger partial charge in [-0.2, -0.15) is 0 Å². The molecule has 0 heterocycles. The number of esters is 1. The van der Waals surface area contributed by atoms with Crippen LogP contribution in [0.3, 0.4) is 0 Å². The van der Waals surface area contributed by atoms with E-state index < -0.39 is 5.92 Å². The molecule has 5 heteroatoms. The highest BCUT2D eigenvalue weighted by Crippen LogP contribution is 2.27. The molecule has 2 aromatic rings. The SMILES string of the molecule is CCOC(=O)CCN(CCO)C(=O)C(c1ccccc1)c1ccccc1. The van der Waals surface area contributed by atoms with Crippen LogP contribution in [-0.2, 0) is 14.3 Å². The molecule has 2 rings (SSSR count). The molecule has 0 radical (unpaired) electrons. The van der Waals surface area contributed by atoms with Crippen LogP contribution in [0.25, 0.3) is 0 Å². The highest BCUT2D eigenvalue weighted by atomic mass is 16.5. The number of amides is 1. The Morgan fingerprint density at radius 3 is 1.96 bits per heavy atom. The summed E-state index contributed by atoms with van der Waals surface area (Å²) in [5.74, 6) is -0.967. The van der Waals surface area contributed by atoms with Crippen LogP contribution in [0.4, 0.5) is 0 Å². The minimum atomic E-state index is -0.480.